The molecule has 0 aliphatic carbocycles. The van der Waals surface area contributed by atoms with Gasteiger partial charge in [0.25, 0.3) is 5.91 Å². The minimum absolute atomic E-state index is 0.0775. The SMILES string of the molecule is O=C(C[C@H](NC(=O)c1ccccc1Cl)c1ccccc1)Nc1ccc(N2CCCC2)nc1. The monoisotopic (exact) mass is 448 g/mol. The van der Waals surface area contributed by atoms with Crippen LogP contribution >= 0.6 is 11.6 Å². The fourth-order valence-electron chi connectivity index (χ4n) is 3.81. The van der Waals surface area contributed by atoms with E-state index in [1.165, 1.54) is 12.8 Å². The molecule has 1 fully saturated rings. The van der Waals surface area contributed by atoms with Crippen molar-refractivity contribution in [3.63, 3.8) is 0 Å². The van der Waals surface area contributed by atoms with E-state index in [1.54, 1.807) is 30.5 Å². The molecule has 1 aliphatic rings. The Morgan fingerprint density at radius 2 is 1.69 bits per heavy atom. The van der Waals surface area contributed by atoms with Gasteiger partial charge in [0, 0.05) is 13.1 Å². The molecule has 2 N–H and O–H groups in total. The fraction of sp³-hybridized carbons (Fsp3) is 0.240. The standard InChI is InChI=1S/C25H25ClN4O2/c26-21-11-5-4-10-20(21)25(32)29-22(18-8-2-1-3-9-18)16-24(31)28-19-12-13-23(27-17-19)30-14-6-7-15-30/h1-5,8-13,17,22H,6-7,14-16H2,(H,28,31)(H,29,32)/t22-/m0/s1. The molecule has 0 radical (unpaired) electrons. The third kappa shape index (κ3) is 5.45. The second-order valence-corrected chi connectivity index (χ2v) is 8.18. The van der Waals surface area contributed by atoms with Crippen LogP contribution in [-0.4, -0.2) is 29.9 Å². The Labute approximate surface area is 192 Å². The number of rotatable bonds is 7. The van der Waals surface area contributed by atoms with Crippen molar-refractivity contribution in [2.24, 2.45) is 0 Å². The number of carbonyl (C=O) groups is 2. The number of benzene rings is 2. The highest BCUT2D eigenvalue weighted by molar-refractivity contribution is 6.33. The lowest BCUT2D eigenvalue weighted by Gasteiger charge is -2.20. The van der Waals surface area contributed by atoms with Crippen molar-refractivity contribution in [1.29, 1.82) is 0 Å². The van der Waals surface area contributed by atoms with Crippen LogP contribution in [0.1, 0.15) is 41.2 Å². The summed E-state index contributed by atoms with van der Waals surface area (Å²) in [5.74, 6) is 0.387. The first-order valence-electron chi connectivity index (χ1n) is 10.7. The molecular formula is C25H25ClN4O2. The van der Waals surface area contributed by atoms with E-state index in [0.717, 1.165) is 24.5 Å². The summed E-state index contributed by atoms with van der Waals surface area (Å²) in [4.78, 5) is 32.3. The van der Waals surface area contributed by atoms with E-state index in [0.29, 0.717) is 16.3 Å². The first kappa shape index (κ1) is 21.8. The van der Waals surface area contributed by atoms with Crippen LogP contribution < -0.4 is 15.5 Å². The average Bonchev–Trinajstić information content (AvgIpc) is 3.35. The summed E-state index contributed by atoms with van der Waals surface area (Å²) in [5.41, 5.74) is 1.84. The molecular weight excluding hydrogens is 424 g/mol. The minimum atomic E-state index is -0.503. The molecule has 2 amide bonds. The van der Waals surface area contributed by atoms with Crippen LogP contribution in [0, 0.1) is 0 Å². The molecule has 32 heavy (non-hydrogen) atoms. The van der Waals surface area contributed by atoms with Gasteiger partial charge in [0.15, 0.2) is 0 Å². The maximum absolute atomic E-state index is 12.8. The molecule has 4 rings (SSSR count). The summed E-state index contributed by atoms with van der Waals surface area (Å²) in [6, 6.07) is 19.6. The highest BCUT2D eigenvalue weighted by Gasteiger charge is 2.21. The van der Waals surface area contributed by atoms with Gasteiger partial charge in [-0.3, -0.25) is 9.59 Å². The second-order valence-electron chi connectivity index (χ2n) is 7.77. The lowest BCUT2D eigenvalue weighted by molar-refractivity contribution is -0.116. The number of hydrogen-bond donors (Lipinski definition) is 2. The molecule has 3 aromatic rings. The van der Waals surface area contributed by atoms with Crippen LogP contribution in [0.2, 0.25) is 5.02 Å². The molecule has 7 heteroatoms. The lowest BCUT2D eigenvalue weighted by atomic mass is 10.0. The molecule has 1 atom stereocenters. The molecule has 2 heterocycles. The molecule has 0 spiro atoms. The Bertz CT molecular complexity index is 1070. The highest BCUT2D eigenvalue weighted by Crippen LogP contribution is 2.22. The fourth-order valence-corrected chi connectivity index (χ4v) is 4.03. The first-order chi connectivity index (χ1) is 15.6. The van der Waals surface area contributed by atoms with Crippen LogP contribution in [0.15, 0.2) is 72.9 Å². The summed E-state index contributed by atoms with van der Waals surface area (Å²) < 4.78 is 0. The van der Waals surface area contributed by atoms with E-state index in [-0.39, 0.29) is 18.2 Å². The van der Waals surface area contributed by atoms with Crippen molar-refractivity contribution in [1.82, 2.24) is 10.3 Å². The molecule has 0 unspecified atom stereocenters. The lowest BCUT2D eigenvalue weighted by Crippen LogP contribution is -2.31. The van der Waals surface area contributed by atoms with E-state index in [4.69, 9.17) is 11.6 Å². The maximum Gasteiger partial charge on any atom is 0.253 e. The third-order valence-electron chi connectivity index (χ3n) is 5.48. The van der Waals surface area contributed by atoms with E-state index < -0.39 is 6.04 Å². The van der Waals surface area contributed by atoms with Crippen molar-refractivity contribution < 1.29 is 9.59 Å². The molecule has 1 aliphatic heterocycles. The molecule has 0 bridgehead atoms. The quantitative estimate of drug-likeness (QED) is 0.542. The summed E-state index contributed by atoms with van der Waals surface area (Å²) >= 11 is 6.17. The summed E-state index contributed by atoms with van der Waals surface area (Å²) in [6.07, 6.45) is 4.11. The van der Waals surface area contributed by atoms with Gasteiger partial charge in [0.2, 0.25) is 5.91 Å². The van der Waals surface area contributed by atoms with Gasteiger partial charge < -0.3 is 15.5 Å². The van der Waals surface area contributed by atoms with Crippen LogP contribution in [0.25, 0.3) is 0 Å². The smallest absolute Gasteiger partial charge is 0.253 e. The van der Waals surface area contributed by atoms with Crippen LogP contribution in [0.5, 0.6) is 0 Å². The van der Waals surface area contributed by atoms with Gasteiger partial charge in [-0.25, -0.2) is 4.98 Å². The number of pyridine rings is 1. The number of amides is 2. The Balaban J connectivity index is 1.44. The average molecular weight is 449 g/mol. The molecule has 2 aromatic carbocycles. The summed E-state index contributed by atoms with van der Waals surface area (Å²) in [5, 5.41) is 6.20. The zero-order valence-corrected chi connectivity index (χ0v) is 18.4. The number of anilines is 2. The second kappa shape index (κ2) is 10.3. The van der Waals surface area contributed by atoms with Crippen LogP contribution in [-0.2, 0) is 4.79 Å². The largest absolute Gasteiger partial charge is 0.357 e. The molecule has 164 valence electrons. The number of halogens is 1. The van der Waals surface area contributed by atoms with Gasteiger partial charge in [-0.1, -0.05) is 54.1 Å². The van der Waals surface area contributed by atoms with Gasteiger partial charge in [0.05, 0.1) is 34.9 Å². The van der Waals surface area contributed by atoms with Crippen molar-refractivity contribution in [2.45, 2.75) is 25.3 Å². The van der Waals surface area contributed by atoms with Gasteiger partial charge in [-0.15, -0.1) is 0 Å². The predicted molar refractivity (Wildman–Crippen MR) is 127 cm³/mol. The topological polar surface area (TPSA) is 74.3 Å². The zero-order valence-electron chi connectivity index (χ0n) is 17.6. The number of hydrogen-bond acceptors (Lipinski definition) is 4. The predicted octanol–water partition coefficient (Wildman–Crippen LogP) is 4.84. The number of nitrogens with zero attached hydrogens (tertiary/aromatic N) is 2. The zero-order chi connectivity index (χ0) is 22.3. The van der Waals surface area contributed by atoms with E-state index in [1.807, 2.05) is 42.5 Å². The van der Waals surface area contributed by atoms with Crippen molar-refractivity contribution in [2.75, 3.05) is 23.3 Å². The van der Waals surface area contributed by atoms with E-state index in [2.05, 4.69) is 20.5 Å². The minimum Gasteiger partial charge on any atom is -0.357 e. The Kier molecular flexibility index (Phi) is 7.02. The van der Waals surface area contributed by atoms with Crippen LogP contribution in [0.3, 0.4) is 0 Å². The molecule has 6 nitrogen and oxygen atoms in total. The number of aromatic nitrogens is 1. The van der Waals surface area contributed by atoms with Gasteiger partial charge >= 0.3 is 0 Å². The van der Waals surface area contributed by atoms with Crippen molar-refractivity contribution in [3.8, 4) is 0 Å². The van der Waals surface area contributed by atoms with E-state index >= 15 is 0 Å². The summed E-state index contributed by atoms with van der Waals surface area (Å²) in [6.45, 7) is 2.03. The van der Waals surface area contributed by atoms with Crippen LogP contribution in [0.4, 0.5) is 11.5 Å². The van der Waals surface area contributed by atoms with E-state index in [9.17, 15) is 9.59 Å². The van der Waals surface area contributed by atoms with Crippen molar-refractivity contribution in [3.05, 3.63) is 89.1 Å². The number of nitrogens with one attached hydrogen (secondary N) is 2. The van der Waals surface area contributed by atoms with Gasteiger partial charge in [0.1, 0.15) is 5.82 Å². The number of carbonyl (C=O) groups excluding carboxylic acids is 2. The van der Waals surface area contributed by atoms with Crippen molar-refractivity contribution >= 4 is 34.9 Å². The molecule has 0 saturated carbocycles. The first-order valence-corrected chi connectivity index (χ1v) is 11.1. The van der Waals surface area contributed by atoms with Gasteiger partial charge in [-0.05, 0) is 42.7 Å². The van der Waals surface area contributed by atoms with Gasteiger partial charge in [-0.2, -0.15) is 0 Å². The maximum atomic E-state index is 12.8. The highest BCUT2D eigenvalue weighted by atomic mass is 35.5. The molecule has 1 saturated heterocycles. The third-order valence-corrected chi connectivity index (χ3v) is 5.81. The Hall–Kier alpha value is -3.38. The summed E-state index contributed by atoms with van der Waals surface area (Å²) in [7, 11) is 0. The Morgan fingerprint density at radius 3 is 2.38 bits per heavy atom. The molecule has 1 aromatic heterocycles. The normalized spacial score (nSPS) is 14.1. The Morgan fingerprint density at radius 1 is 0.969 bits per heavy atom.